The summed E-state index contributed by atoms with van der Waals surface area (Å²) in [5.74, 6) is 0. The van der Waals surface area contributed by atoms with Crippen molar-refractivity contribution in [3.05, 3.63) is 49.6 Å². The molecule has 21 heavy (non-hydrogen) atoms. The molecule has 2 aromatic rings. The van der Waals surface area contributed by atoms with Gasteiger partial charge in [-0.3, -0.25) is 0 Å². The summed E-state index contributed by atoms with van der Waals surface area (Å²) in [7, 11) is -3.59. The topological polar surface area (TPSA) is 66.4 Å². The molecule has 2 N–H and O–H groups in total. The number of thiophene rings is 1. The van der Waals surface area contributed by atoms with E-state index in [2.05, 4.69) is 20.7 Å². The molecule has 0 saturated heterocycles. The molecular weight excluding hydrogens is 374 g/mol. The highest BCUT2D eigenvalue weighted by molar-refractivity contribution is 9.10. The van der Waals surface area contributed by atoms with Crippen LogP contribution in [0.15, 0.2) is 33.6 Å². The summed E-state index contributed by atoms with van der Waals surface area (Å²) in [5.41, 5.74) is 1.83. The highest BCUT2D eigenvalue weighted by Crippen LogP contribution is 2.25. The van der Waals surface area contributed by atoms with Crippen LogP contribution in [0.4, 0.5) is 0 Å². The summed E-state index contributed by atoms with van der Waals surface area (Å²) in [6.45, 7) is 4.17. The third kappa shape index (κ3) is 3.92. The fourth-order valence-corrected chi connectivity index (χ4v) is 5.06. The molecule has 0 saturated carbocycles. The minimum Gasteiger partial charge on any atom is -0.392 e. The molecule has 7 heteroatoms. The van der Waals surface area contributed by atoms with Gasteiger partial charge in [0, 0.05) is 20.8 Å². The molecule has 0 aliphatic heterocycles. The Morgan fingerprint density at radius 1 is 1.29 bits per heavy atom. The highest BCUT2D eigenvalue weighted by atomic mass is 79.9. The summed E-state index contributed by atoms with van der Waals surface area (Å²) in [6.07, 6.45) is 0. The highest BCUT2D eigenvalue weighted by Gasteiger charge is 2.18. The van der Waals surface area contributed by atoms with Crippen molar-refractivity contribution in [2.24, 2.45) is 0 Å². The molecule has 2 rings (SSSR count). The van der Waals surface area contributed by atoms with Crippen molar-refractivity contribution in [2.75, 3.05) is 0 Å². The van der Waals surface area contributed by atoms with E-state index in [1.807, 2.05) is 19.9 Å². The third-order valence-electron chi connectivity index (χ3n) is 3.12. The quantitative estimate of drug-likeness (QED) is 0.825. The SMILES string of the molecule is Cc1cc(CNS(=O)(=O)c2ccc(CO)cc2Br)sc1C. The van der Waals surface area contributed by atoms with Crippen molar-refractivity contribution in [1.82, 2.24) is 4.72 Å². The molecule has 1 heterocycles. The van der Waals surface area contributed by atoms with E-state index < -0.39 is 10.0 Å². The fraction of sp³-hybridized carbons (Fsp3) is 0.286. The third-order valence-corrected chi connectivity index (χ3v) is 6.65. The Labute approximate surface area is 137 Å². The van der Waals surface area contributed by atoms with Gasteiger partial charge in [0.25, 0.3) is 0 Å². The molecule has 114 valence electrons. The normalized spacial score (nSPS) is 11.8. The number of nitrogens with one attached hydrogen (secondary N) is 1. The van der Waals surface area contributed by atoms with Crippen LogP contribution in [0, 0.1) is 13.8 Å². The molecule has 0 fully saturated rings. The van der Waals surface area contributed by atoms with Crippen molar-refractivity contribution in [3.8, 4) is 0 Å². The van der Waals surface area contributed by atoms with E-state index in [-0.39, 0.29) is 18.0 Å². The summed E-state index contributed by atoms with van der Waals surface area (Å²) in [6, 6.07) is 6.68. The molecule has 0 bridgehead atoms. The number of sulfonamides is 1. The van der Waals surface area contributed by atoms with Gasteiger partial charge in [-0.05, 0) is 59.1 Å². The maximum Gasteiger partial charge on any atom is 0.242 e. The number of aryl methyl sites for hydroxylation is 2. The summed E-state index contributed by atoms with van der Waals surface area (Å²) in [5, 5.41) is 9.05. The Morgan fingerprint density at radius 3 is 2.52 bits per heavy atom. The molecular formula is C14H16BrNO3S2. The monoisotopic (exact) mass is 389 g/mol. The molecule has 0 spiro atoms. The minimum atomic E-state index is -3.59. The Kier molecular flexibility index (Phi) is 5.21. The molecule has 0 unspecified atom stereocenters. The average Bonchev–Trinajstić information content (AvgIpc) is 2.75. The van der Waals surface area contributed by atoms with Crippen molar-refractivity contribution in [2.45, 2.75) is 31.9 Å². The van der Waals surface area contributed by atoms with Gasteiger partial charge in [-0.15, -0.1) is 11.3 Å². The van der Waals surface area contributed by atoms with Gasteiger partial charge in [-0.1, -0.05) is 6.07 Å². The standard InChI is InChI=1S/C14H16BrNO3S2/c1-9-5-12(20-10(9)2)7-16-21(18,19)14-4-3-11(8-17)6-13(14)15/h3-6,16-17H,7-8H2,1-2H3. The van der Waals surface area contributed by atoms with Crippen LogP contribution in [0.1, 0.15) is 20.9 Å². The van der Waals surface area contributed by atoms with E-state index in [1.165, 1.54) is 16.5 Å². The van der Waals surface area contributed by atoms with Gasteiger partial charge < -0.3 is 5.11 Å². The first-order valence-electron chi connectivity index (χ1n) is 6.28. The zero-order valence-corrected chi connectivity index (χ0v) is 14.9. The molecule has 0 radical (unpaired) electrons. The van der Waals surface area contributed by atoms with Crippen LogP contribution in [0.3, 0.4) is 0 Å². The Balaban J connectivity index is 2.18. The first-order valence-corrected chi connectivity index (χ1v) is 9.37. The van der Waals surface area contributed by atoms with Crippen LogP contribution in [0.2, 0.25) is 0 Å². The lowest BCUT2D eigenvalue weighted by molar-refractivity contribution is 0.281. The number of aliphatic hydroxyl groups excluding tert-OH is 1. The summed E-state index contributed by atoms with van der Waals surface area (Å²) >= 11 is 4.83. The summed E-state index contributed by atoms with van der Waals surface area (Å²) < 4.78 is 27.7. The smallest absolute Gasteiger partial charge is 0.242 e. The average molecular weight is 390 g/mol. The lowest BCUT2D eigenvalue weighted by atomic mass is 10.2. The van der Waals surface area contributed by atoms with E-state index >= 15 is 0 Å². The van der Waals surface area contributed by atoms with Crippen LogP contribution < -0.4 is 4.72 Å². The summed E-state index contributed by atoms with van der Waals surface area (Å²) in [4.78, 5) is 2.35. The Bertz CT molecular complexity index is 734. The second-order valence-corrected chi connectivity index (χ2v) is 8.63. The number of hydrogen-bond acceptors (Lipinski definition) is 4. The molecule has 0 amide bonds. The van der Waals surface area contributed by atoms with E-state index in [0.29, 0.717) is 10.0 Å². The molecule has 0 aliphatic rings. The second kappa shape index (κ2) is 6.58. The number of hydrogen-bond donors (Lipinski definition) is 2. The first-order chi connectivity index (χ1) is 9.83. The van der Waals surface area contributed by atoms with E-state index in [4.69, 9.17) is 5.11 Å². The van der Waals surface area contributed by atoms with Gasteiger partial charge in [-0.2, -0.15) is 0 Å². The van der Waals surface area contributed by atoms with E-state index in [9.17, 15) is 8.42 Å². The zero-order chi connectivity index (χ0) is 15.6. The largest absolute Gasteiger partial charge is 0.392 e. The van der Waals surface area contributed by atoms with Crippen molar-refractivity contribution in [3.63, 3.8) is 0 Å². The predicted octanol–water partition coefficient (Wildman–Crippen LogP) is 3.10. The van der Waals surface area contributed by atoms with Gasteiger partial charge in [0.2, 0.25) is 10.0 Å². The van der Waals surface area contributed by atoms with Crippen LogP contribution in [-0.2, 0) is 23.2 Å². The van der Waals surface area contributed by atoms with Crippen molar-refractivity contribution in [1.29, 1.82) is 0 Å². The van der Waals surface area contributed by atoms with Gasteiger partial charge in [0.1, 0.15) is 0 Å². The number of aliphatic hydroxyl groups is 1. The molecule has 1 aromatic carbocycles. The molecule has 0 aliphatic carbocycles. The first kappa shape index (κ1) is 16.6. The van der Waals surface area contributed by atoms with Crippen LogP contribution in [-0.4, -0.2) is 13.5 Å². The second-order valence-electron chi connectivity index (χ2n) is 4.70. The van der Waals surface area contributed by atoms with Crippen molar-refractivity contribution < 1.29 is 13.5 Å². The van der Waals surface area contributed by atoms with Gasteiger partial charge in [-0.25, -0.2) is 13.1 Å². The maximum atomic E-state index is 12.3. The molecule has 0 atom stereocenters. The van der Waals surface area contributed by atoms with Crippen LogP contribution >= 0.6 is 27.3 Å². The van der Waals surface area contributed by atoms with Crippen molar-refractivity contribution >= 4 is 37.3 Å². The minimum absolute atomic E-state index is 0.125. The Morgan fingerprint density at radius 2 is 2.00 bits per heavy atom. The van der Waals surface area contributed by atoms with Gasteiger partial charge in [0.05, 0.1) is 11.5 Å². The molecule has 1 aromatic heterocycles. The lowest BCUT2D eigenvalue weighted by Crippen LogP contribution is -2.23. The number of benzene rings is 1. The Hall–Kier alpha value is -0.730. The van der Waals surface area contributed by atoms with E-state index in [1.54, 1.807) is 23.5 Å². The molecule has 4 nitrogen and oxygen atoms in total. The number of rotatable bonds is 5. The van der Waals surface area contributed by atoms with Gasteiger partial charge >= 0.3 is 0 Å². The van der Waals surface area contributed by atoms with Crippen LogP contribution in [0.25, 0.3) is 0 Å². The maximum absolute atomic E-state index is 12.3. The van der Waals surface area contributed by atoms with Gasteiger partial charge in [0.15, 0.2) is 0 Å². The van der Waals surface area contributed by atoms with Crippen LogP contribution in [0.5, 0.6) is 0 Å². The number of halogens is 1. The zero-order valence-electron chi connectivity index (χ0n) is 11.7. The fourth-order valence-electron chi connectivity index (χ4n) is 1.84. The van der Waals surface area contributed by atoms with E-state index in [0.717, 1.165) is 4.88 Å². The lowest BCUT2D eigenvalue weighted by Gasteiger charge is -2.08. The predicted molar refractivity (Wildman–Crippen MR) is 87.9 cm³/mol.